The van der Waals surface area contributed by atoms with Crippen LogP contribution in [0, 0.1) is 10.1 Å². The first-order valence-electron chi connectivity index (χ1n) is 5.70. The lowest BCUT2D eigenvalue weighted by Crippen LogP contribution is -2.02. The third-order valence-corrected chi connectivity index (χ3v) is 3.35. The van der Waals surface area contributed by atoms with Crippen LogP contribution in [0.25, 0.3) is 11.3 Å². The number of aromatic nitrogens is 2. The summed E-state index contributed by atoms with van der Waals surface area (Å²) in [5.74, 6) is 0.588. The van der Waals surface area contributed by atoms with Gasteiger partial charge < -0.3 is 4.74 Å². The molecule has 2 aromatic rings. The van der Waals surface area contributed by atoms with E-state index >= 15 is 0 Å². The Hall–Kier alpha value is -1.41. The molecule has 106 valence electrons. The van der Waals surface area contributed by atoms with Crippen molar-refractivity contribution in [3.05, 3.63) is 39.0 Å². The van der Waals surface area contributed by atoms with Crippen molar-refractivity contribution in [3.63, 3.8) is 0 Å². The Morgan fingerprint density at radius 1 is 1.45 bits per heavy atom. The summed E-state index contributed by atoms with van der Waals surface area (Å²) in [7, 11) is 1.77. The van der Waals surface area contributed by atoms with E-state index in [1.165, 1.54) is 12.1 Å². The van der Waals surface area contributed by atoms with Crippen LogP contribution in [-0.4, -0.2) is 26.6 Å². The van der Waals surface area contributed by atoms with Crippen molar-refractivity contribution in [3.8, 4) is 17.0 Å². The fraction of sp³-hybridized carbons (Fsp3) is 0.250. The van der Waals surface area contributed by atoms with Crippen molar-refractivity contribution in [2.45, 2.75) is 0 Å². The minimum Gasteiger partial charge on any atom is -0.492 e. The number of non-ortho nitro benzene ring substituents is 1. The first kappa shape index (κ1) is 15.0. The lowest BCUT2D eigenvalue weighted by Gasteiger charge is -2.10. The van der Waals surface area contributed by atoms with E-state index in [0.29, 0.717) is 27.9 Å². The maximum absolute atomic E-state index is 10.9. The Balaban J connectivity index is 2.53. The molecule has 0 saturated heterocycles. The number of hydrogen-bond acceptors (Lipinski definition) is 4. The predicted octanol–water partition coefficient (Wildman–Crippen LogP) is 3.53. The van der Waals surface area contributed by atoms with Gasteiger partial charge in [-0.1, -0.05) is 15.9 Å². The Kier molecular flexibility index (Phi) is 4.77. The molecule has 0 bridgehead atoms. The van der Waals surface area contributed by atoms with Gasteiger partial charge >= 0.3 is 0 Å². The van der Waals surface area contributed by atoms with Gasteiger partial charge in [0, 0.05) is 30.1 Å². The molecule has 0 atom stereocenters. The second-order valence-corrected chi connectivity index (χ2v) is 5.56. The molecule has 1 aromatic carbocycles. The molecule has 0 unspecified atom stereocenters. The number of nitrogens with zero attached hydrogens (tertiary/aromatic N) is 3. The molecule has 1 aromatic heterocycles. The summed E-state index contributed by atoms with van der Waals surface area (Å²) < 4.78 is 7.92. The van der Waals surface area contributed by atoms with E-state index in [4.69, 9.17) is 4.74 Å². The highest BCUT2D eigenvalue weighted by Crippen LogP contribution is 2.34. The van der Waals surface area contributed by atoms with Gasteiger partial charge in [-0.15, -0.1) is 0 Å². The van der Waals surface area contributed by atoms with Crippen molar-refractivity contribution < 1.29 is 9.66 Å². The van der Waals surface area contributed by atoms with Gasteiger partial charge in [0.05, 0.1) is 17.2 Å². The second-order valence-electron chi connectivity index (χ2n) is 3.95. The molecule has 0 N–H and O–H groups in total. The minimum absolute atomic E-state index is 0.0171. The van der Waals surface area contributed by atoms with Gasteiger partial charge in [0.2, 0.25) is 0 Å². The Morgan fingerprint density at radius 2 is 2.20 bits per heavy atom. The molecule has 8 heteroatoms. The fourth-order valence-corrected chi connectivity index (χ4v) is 2.41. The average molecular weight is 405 g/mol. The number of benzene rings is 1. The van der Waals surface area contributed by atoms with Gasteiger partial charge in [-0.3, -0.25) is 14.8 Å². The molecule has 20 heavy (non-hydrogen) atoms. The van der Waals surface area contributed by atoms with Crippen molar-refractivity contribution in [2.24, 2.45) is 7.05 Å². The zero-order valence-corrected chi connectivity index (χ0v) is 13.7. The number of nitro groups is 1. The molecule has 1 heterocycles. The van der Waals surface area contributed by atoms with Gasteiger partial charge in [-0.2, -0.15) is 5.10 Å². The molecule has 0 aliphatic rings. The van der Waals surface area contributed by atoms with Crippen LogP contribution in [0.3, 0.4) is 0 Å². The predicted molar refractivity (Wildman–Crippen MR) is 82.3 cm³/mol. The average Bonchev–Trinajstić information content (AvgIpc) is 2.75. The summed E-state index contributed by atoms with van der Waals surface area (Å²) in [5.41, 5.74) is 1.40. The van der Waals surface area contributed by atoms with E-state index in [2.05, 4.69) is 37.0 Å². The molecule has 0 spiro atoms. The molecule has 6 nitrogen and oxygen atoms in total. The smallest absolute Gasteiger partial charge is 0.270 e. The first-order chi connectivity index (χ1) is 9.52. The number of aryl methyl sites for hydroxylation is 1. The quantitative estimate of drug-likeness (QED) is 0.434. The van der Waals surface area contributed by atoms with Crippen LogP contribution in [0.15, 0.2) is 28.9 Å². The number of rotatable bonds is 5. The zero-order chi connectivity index (χ0) is 14.7. The van der Waals surface area contributed by atoms with Crippen molar-refractivity contribution in [2.75, 3.05) is 11.9 Å². The summed E-state index contributed by atoms with van der Waals surface area (Å²) >= 11 is 6.58. The summed E-state index contributed by atoms with van der Waals surface area (Å²) in [6, 6.07) is 6.32. The third-order valence-electron chi connectivity index (χ3n) is 2.63. The topological polar surface area (TPSA) is 70.2 Å². The second kappa shape index (κ2) is 6.36. The highest BCUT2D eigenvalue weighted by atomic mass is 79.9. The van der Waals surface area contributed by atoms with Crippen LogP contribution in [0.2, 0.25) is 0 Å². The summed E-state index contributed by atoms with van der Waals surface area (Å²) in [6.07, 6.45) is 0. The lowest BCUT2D eigenvalue weighted by atomic mass is 10.1. The van der Waals surface area contributed by atoms with Gasteiger partial charge in [-0.05, 0) is 28.1 Å². The van der Waals surface area contributed by atoms with Crippen LogP contribution in [0.1, 0.15) is 0 Å². The van der Waals surface area contributed by atoms with Crippen LogP contribution in [0.5, 0.6) is 5.75 Å². The fourth-order valence-electron chi connectivity index (χ4n) is 1.79. The van der Waals surface area contributed by atoms with Crippen LogP contribution >= 0.6 is 31.9 Å². The standard InChI is InChI=1S/C12H11Br2N3O3/c1-16-10(7-12(14)15-16)9-6-8(17(18)19)2-3-11(9)20-5-4-13/h2-3,6-7H,4-5H2,1H3. The Morgan fingerprint density at radius 3 is 2.75 bits per heavy atom. The Bertz CT molecular complexity index is 643. The largest absolute Gasteiger partial charge is 0.492 e. The molecule has 0 aliphatic heterocycles. The number of alkyl halides is 1. The van der Waals surface area contributed by atoms with E-state index in [9.17, 15) is 10.1 Å². The van der Waals surface area contributed by atoms with Crippen molar-refractivity contribution in [1.29, 1.82) is 0 Å². The number of halogens is 2. The maximum atomic E-state index is 10.9. The van der Waals surface area contributed by atoms with Gasteiger partial charge in [-0.25, -0.2) is 0 Å². The Labute approximate surface area is 132 Å². The van der Waals surface area contributed by atoms with Crippen molar-refractivity contribution in [1.82, 2.24) is 9.78 Å². The molecule has 0 fully saturated rings. The van der Waals surface area contributed by atoms with E-state index in [0.717, 1.165) is 5.69 Å². The SMILES string of the molecule is Cn1nc(Br)cc1-c1cc([N+](=O)[O-])ccc1OCCBr. The van der Waals surface area contributed by atoms with E-state index < -0.39 is 4.92 Å². The highest BCUT2D eigenvalue weighted by molar-refractivity contribution is 9.10. The van der Waals surface area contributed by atoms with E-state index in [-0.39, 0.29) is 5.69 Å². The third kappa shape index (κ3) is 3.18. The molecular weight excluding hydrogens is 394 g/mol. The number of ether oxygens (including phenoxy) is 1. The van der Waals surface area contributed by atoms with Crippen LogP contribution < -0.4 is 4.74 Å². The van der Waals surface area contributed by atoms with Gasteiger partial charge in [0.25, 0.3) is 5.69 Å². The molecule has 0 radical (unpaired) electrons. The highest BCUT2D eigenvalue weighted by Gasteiger charge is 2.16. The number of hydrogen-bond donors (Lipinski definition) is 0. The summed E-state index contributed by atoms with van der Waals surface area (Å²) in [5, 5.41) is 15.8. The molecular formula is C12H11Br2N3O3. The molecule has 2 rings (SSSR count). The zero-order valence-electron chi connectivity index (χ0n) is 10.5. The monoisotopic (exact) mass is 403 g/mol. The van der Waals surface area contributed by atoms with Crippen LogP contribution in [-0.2, 0) is 7.05 Å². The molecule has 0 saturated carbocycles. The van der Waals surface area contributed by atoms with Crippen LogP contribution in [0.4, 0.5) is 5.69 Å². The maximum Gasteiger partial charge on any atom is 0.270 e. The van der Waals surface area contributed by atoms with Gasteiger partial charge in [0.15, 0.2) is 0 Å². The van der Waals surface area contributed by atoms with E-state index in [1.54, 1.807) is 23.9 Å². The normalized spacial score (nSPS) is 10.6. The van der Waals surface area contributed by atoms with Gasteiger partial charge in [0.1, 0.15) is 10.4 Å². The molecule has 0 amide bonds. The van der Waals surface area contributed by atoms with Crippen molar-refractivity contribution >= 4 is 37.5 Å². The molecule has 0 aliphatic carbocycles. The first-order valence-corrected chi connectivity index (χ1v) is 7.61. The lowest BCUT2D eigenvalue weighted by molar-refractivity contribution is -0.384. The van der Waals surface area contributed by atoms with E-state index in [1.807, 2.05) is 0 Å². The number of nitro benzene ring substituents is 1. The minimum atomic E-state index is -0.427. The summed E-state index contributed by atoms with van der Waals surface area (Å²) in [6.45, 7) is 0.476. The summed E-state index contributed by atoms with van der Waals surface area (Å²) in [4.78, 5) is 10.5.